The number of hydrogen-bond acceptors (Lipinski definition) is 3. The van der Waals surface area contributed by atoms with Crippen molar-refractivity contribution < 1.29 is 4.79 Å². The molecular weight excluding hydrogens is 208 g/mol. The molecule has 0 aromatic carbocycles. The number of carbonyl (C=O) groups excluding carboxylic acids is 1. The van der Waals surface area contributed by atoms with Crippen LogP contribution in [0.4, 0.5) is 5.82 Å². The highest BCUT2D eigenvalue weighted by atomic mass is 32.1. The quantitative estimate of drug-likeness (QED) is 0.794. The number of anilines is 1. The number of rotatable bonds is 1. The van der Waals surface area contributed by atoms with Crippen LogP contribution in [-0.2, 0) is 11.2 Å². The Morgan fingerprint density at radius 3 is 3.13 bits per heavy atom. The van der Waals surface area contributed by atoms with Crippen LogP contribution < -0.4 is 5.32 Å². The van der Waals surface area contributed by atoms with Crippen molar-refractivity contribution in [2.24, 2.45) is 0 Å². The smallest absolute Gasteiger partial charge is 0.230 e. The number of nitrogens with zero attached hydrogens (tertiary/aromatic N) is 1. The Labute approximate surface area is 90.8 Å². The zero-order chi connectivity index (χ0) is 10.3. The van der Waals surface area contributed by atoms with E-state index in [1.54, 1.807) is 17.5 Å². The maximum Gasteiger partial charge on any atom is 0.230 e. The second-order valence-corrected chi connectivity index (χ2v) is 4.20. The highest BCUT2D eigenvalue weighted by Gasteiger charge is 2.22. The van der Waals surface area contributed by atoms with Gasteiger partial charge in [0, 0.05) is 11.8 Å². The molecule has 0 aliphatic carbocycles. The van der Waals surface area contributed by atoms with Crippen molar-refractivity contribution in [3.05, 3.63) is 34.7 Å². The summed E-state index contributed by atoms with van der Waals surface area (Å²) in [5.41, 5.74) is 3.29. The summed E-state index contributed by atoms with van der Waals surface area (Å²) in [5.74, 6) is 0.740. The highest BCUT2D eigenvalue weighted by molar-refractivity contribution is 7.08. The van der Waals surface area contributed by atoms with Gasteiger partial charge in [-0.25, -0.2) is 4.98 Å². The number of hydrogen-bond donors (Lipinski definition) is 1. The number of amides is 1. The van der Waals surface area contributed by atoms with E-state index in [2.05, 4.69) is 21.7 Å². The molecule has 4 heteroatoms. The van der Waals surface area contributed by atoms with Crippen LogP contribution in [0.2, 0.25) is 0 Å². The summed E-state index contributed by atoms with van der Waals surface area (Å²) in [6.45, 7) is 0. The van der Waals surface area contributed by atoms with E-state index in [0.717, 1.165) is 16.7 Å². The zero-order valence-electron chi connectivity index (χ0n) is 7.86. The second-order valence-electron chi connectivity index (χ2n) is 3.42. The molecule has 1 aliphatic rings. The fourth-order valence-electron chi connectivity index (χ4n) is 1.80. The Bertz CT molecular complexity index is 519. The number of nitrogens with one attached hydrogen (secondary N) is 1. The first-order chi connectivity index (χ1) is 7.34. The van der Waals surface area contributed by atoms with E-state index in [-0.39, 0.29) is 5.91 Å². The molecule has 0 unspecified atom stereocenters. The van der Waals surface area contributed by atoms with E-state index in [1.165, 1.54) is 0 Å². The van der Waals surface area contributed by atoms with E-state index in [4.69, 9.17) is 0 Å². The largest absolute Gasteiger partial charge is 0.310 e. The Morgan fingerprint density at radius 1 is 1.40 bits per heavy atom. The second kappa shape index (κ2) is 3.17. The molecule has 74 valence electrons. The SMILES string of the molecule is O=C1Cc2c(-c3ccsc3)ccnc2N1. The molecule has 0 bridgehead atoms. The lowest BCUT2D eigenvalue weighted by Gasteiger charge is -2.03. The van der Waals surface area contributed by atoms with Crippen molar-refractivity contribution in [2.75, 3.05) is 5.32 Å². The molecular formula is C11H8N2OS. The third-order valence-corrected chi connectivity index (χ3v) is 3.17. The van der Waals surface area contributed by atoms with Crippen LogP contribution >= 0.6 is 11.3 Å². The normalized spacial score (nSPS) is 13.7. The molecule has 2 aromatic rings. The molecule has 0 saturated heterocycles. The topological polar surface area (TPSA) is 42.0 Å². The molecule has 0 radical (unpaired) electrons. The van der Waals surface area contributed by atoms with E-state index in [0.29, 0.717) is 12.2 Å². The monoisotopic (exact) mass is 216 g/mol. The van der Waals surface area contributed by atoms with Gasteiger partial charge >= 0.3 is 0 Å². The summed E-state index contributed by atoms with van der Waals surface area (Å²) in [6.07, 6.45) is 2.17. The van der Waals surface area contributed by atoms with Crippen molar-refractivity contribution >= 4 is 23.1 Å². The fourth-order valence-corrected chi connectivity index (χ4v) is 2.46. The van der Waals surface area contributed by atoms with Crippen LogP contribution in [0.5, 0.6) is 0 Å². The molecule has 0 fully saturated rings. The van der Waals surface area contributed by atoms with Gasteiger partial charge in [-0.1, -0.05) is 0 Å². The van der Waals surface area contributed by atoms with Crippen LogP contribution in [-0.4, -0.2) is 10.9 Å². The lowest BCUT2D eigenvalue weighted by atomic mass is 10.0. The number of aromatic nitrogens is 1. The zero-order valence-corrected chi connectivity index (χ0v) is 8.67. The van der Waals surface area contributed by atoms with Crippen molar-refractivity contribution in [1.29, 1.82) is 0 Å². The minimum absolute atomic E-state index is 0.0279. The average Bonchev–Trinajstić information content (AvgIpc) is 2.82. The highest BCUT2D eigenvalue weighted by Crippen LogP contribution is 2.32. The van der Waals surface area contributed by atoms with Gasteiger partial charge in [0.25, 0.3) is 0 Å². The van der Waals surface area contributed by atoms with Gasteiger partial charge < -0.3 is 5.32 Å². The average molecular weight is 216 g/mol. The molecule has 0 spiro atoms. The first kappa shape index (κ1) is 8.61. The molecule has 3 rings (SSSR count). The van der Waals surface area contributed by atoms with Gasteiger partial charge in [-0.05, 0) is 34.0 Å². The van der Waals surface area contributed by atoms with Gasteiger partial charge in [0.05, 0.1) is 6.42 Å². The third kappa shape index (κ3) is 1.34. The summed E-state index contributed by atoms with van der Waals surface area (Å²) in [4.78, 5) is 15.4. The molecule has 1 amide bonds. The van der Waals surface area contributed by atoms with Crippen LogP contribution in [0, 0.1) is 0 Å². The van der Waals surface area contributed by atoms with Gasteiger partial charge in [-0.15, -0.1) is 0 Å². The van der Waals surface area contributed by atoms with Crippen LogP contribution in [0.1, 0.15) is 5.56 Å². The van der Waals surface area contributed by atoms with Gasteiger partial charge in [0.1, 0.15) is 5.82 Å². The van der Waals surface area contributed by atoms with Crippen molar-refractivity contribution in [3.8, 4) is 11.1 Å². The fraction of sp³-hybridized carbons (Fsp3) is 0.0909. The van der Waals surface area contributed by atoms with Gasteiger partial charge in [-0.3, -0.25) is 4.79 Å². The Hall–Kier alpha value is -1.68. The lowest BCUT2D eigenvalue weighted by Crippen LogP contribution is -2.04. The lowest BCUT2D eigenvalue weighted by molar-refractivity contribution is -0.115. The predicted molar refractivity (Wildman–Crippen MR) is 59.9 cm³/mol. The van der Waals surface area contributed by atoms with E-state index >= 15 is 0 Å². The summed E-state index contributed by atoms with van der Waals surface area (Å²) in [7, 11) is 0. The van der Waals surface area contributed by atoms with Crippen LogP contribution in [0.3, 0.4) is 0 Å². The summed E-state index contributed by atoms with van der Waals surface area (Å²) in [5, 5.41) is 6.87. The Kier molecular flexibility index (Phi) is 1.82. The number of pyridine rings is 1. The first-order valence-corrected chi connectivity index (χ1v) is 5.59. The van der Waals surface area contributed by atoms with Crippen LogP contribution in [0.25, 0.3) is 11.1 Å². The standard InChI is InChI=1S/C11H8N2OS/c14-10-5-9-8(7-2-4-15-6-7)1-3-12-11(9)13-10/h1-4,6H,5H2,(H,12,13,14). The summed E-state index contributed by atoms with van der Waals surface area (Å²) < 4.78 is 0. The van der Waals surface area contributed by atoms with Crippen molar-refractivity contribution in [1.82, 2.24) is 4.98 Å². The summed E-state index contributed by atoms with van der Waals surface area (Å²) in [6, 6.07) is 4.02. The molecule has 0 saturated carbocycles. The molecule has 3 heterocycles. The van der Waals surface area contributed by atoms with E-state index < -0.39 is 0 Å². The molecule has 0 atom stereocenters. The minimum atomic E-state index is 0.0279. The third-order valence-electron chi connectivity index (χ3n) is 2.48. The number of carbonyl (C=O) groups is 1. The first-order valence-electron chi connectivity index (χ1n) is 4.65. The maximum atomic E-state index is 11.3. The van der Waals surface area contributed by atoms with Gasteiger partial charge in [-0.2, -0.15) is 11.3 Å². The van der Waals surface area contributed by atoms with Crippen molar-refractivity contribution in [3.63, 3.8) is 0 Å². The minimum Gasteiger partial charge on any atom is -0.310 e. The van der Waals surface area contributed by atoms with E-state index in [9.17, 15) is 4.79 Å². The maximum absolute atomic E-state index is 11.3. The molecule has 1 aliphatic heterocycles. The predicted octanol–water partition coefficient (Wildman–Crippen LogP) is 2.30. The molecule has 15 heavy (non-hydrogen) atoms. The Balaban J connectivity index is 2.19. The van der Waals surface area contributed by atoms with Gasteiger partial charge in [0.15, 0.2) is 0 Å². The number of fused-ring (bicyclic) bond motifs is 1. The van der Waals surface area contributed by atoms with E-state index in [1.807, 2.05) is 11.4 Å². The Morgan fingerprint density at radius 2 is 2.33 bits per heavy atom. The van der Waals surface area contributed by atoms with Crippen molar-refractivity contribution in [2.45, 2.75) is 6.42 Å². The van der Waals surface area contributed by atoms with Crippen LogP contribution in [0.15, 0.2) is 29.1 Å². The molecule has 2 aromatic heterocycles. The molecule has 1 N–H and O–H groups in total. The summed E-state index contributed by atoms with van der Waals surface area (Å²) >= 11 is 1.65. The van der Waals surface area contributed by atoms with Gasteiger partial charge in [0.2, 0.25) is 5.91 Å². The number of thiophene rings is 1. The molecule has 3 nitrogen and oxygen atoms in total.